The summed E-state index contributed by atoms with van der Waals surface area (Å²) in [5.41, 5.74) is 28.6. The predicted octanol–water partition coefficient (Wildman–Crippen LogP) is 21.6. The van der Waals surface area contributed by atoms with Crippen LogP contribution < -0.4 is 0 Å². The summed E-state index contributed by atoms with van der Waals surface area (Å²) < 4.78 is 1.67. The number of hydrogen-bond acceptors (Lipinski definition) is 0. The molecule has 0 bridgehead atoms. The van der Waals surface area contributed by atoms with E-state index in [0.717, 1.165) is 56.3 Å². The minimum absolute atomic E-state index is 1.04. The van der Waals surface area contributed by atoms with Crippen LogP contribution in [0.25, 0.3) is 16.9 Å². The van der Waals surface area contributed by atoms with Gasteiger partial charge in [-0.1, -0.05) is 240 Å². The molecule has 3 rings (SSSR count). The van der Waals surface area contributed by atoms with E-state index in [9.17, 15) is 5.53 Å². The molecular formula is C63H106N2. The molecule has 0 fully saturated rings. The van der Waals surface area contributed by atoms with Crippen LogP contribution in [0.15, 0.2) is 35.4 Å². The average Bonchev–Trinajstić information content (AvgIpc) is 3.57. The van der Waals surface area contributed by atoms with Gasteiger partial charge in [0.2, 0.25) is 11.4 Å². The SMILES string of the molecule is CCCCCCCCCCCCCCCCCCCCCCCCCCCC1=C(c2cc(CCC)c(CCC)c(CCC)c2)[N+](=[N-])C(c2cc(C)c(C)c(C)c2)=C1CCCCCCCC. The van der Waals surface area contributed by atoms with Crippen LogP contribution in [0.1, 0.15) is 310 Å². The van der Waals surface area contributed by atoms with Crippen molar-refractivity contribution in [2.45, 2.75) is 306 Å². The summed E-state index contributed by atoms with van der Waals surface area (Å²) in [5, 5.41) is 0. The molecule has 1 aliphatic heterocycles. The van der Waals surface area contributed by atoms with E-state index < -0.39 is 0 Å². The lowest BCUT2D eigenvalue weighted by Gasteiger charge is -2.18. The molecule has 65 heavy (non-hydrogen) atoms. The maximum absolute atomic E-state index is 12.6. The van der Waals surface area contributed by atoms with Crippen molar-refractivity contribution in [2.24, 2.45) is 0 Å². The first-order valence-corrected chi connectivity index (χ1v) is 29.0. The Hall–Kier alpha value is -2.48. The molecule has 0 spiro atoms. The topological polar surface area (TPSA) is 25.3 Å². The molecule has 0 atom stereocenters. The van der Waals surface area contributed by atoms with E-state index in [2.05, 4.69) is 79.7 Å². The zero-order valence-electron chi connectivity index (χ0n) is 44.8. The molecule has 2 aromatic carbocycles. The van der Waals surface area contributed by atoms with Crippen LogP contribution in [-0.2, 0) is 19.3 Å². The second kappa shape index (κ2) is 35.6. The zero-order valence-corrected chi connectivity index (χ0v) is 44.8. The number of rotatable bonds is 41. The number of aryl methyl sites for hydroxylation is 4. The van der Waals surface area contributed by atoms with Crippen molar-refractivity contribution in [3.63, 3.8) is 0 Å². The Morgan fingerprint density at radius 2 is 0.600 bits per heavy atom. The maximum atomic E-state index is 12.6. The molecule has 0 saturated heterocycles. The maximum Gasteiger partial charge on any atom is 0.211 e. The van der Waals surface area contributed by atoms with Crippen LogP contribution in [-0.4, -0.2) is 4.70 Å². The van der Waals surface area contributed by atoms with Gasteiger partial charge in [-0.25, -0.2) is 4.70 Å². The molecule has 0 aliphatic carbocycles. The largest absolute Gasteiger partial charge is 0.493 e. The Labute approximate surface area is 405 Å². The lowest BCUT2D eigenvalue weighted by molar-refractivity contribution is -0.345. The fourth-order valence-electron chi connectivity index (χ4n) is 11.0. The number of nitrogens with zero attached hydrogens (tertiary/aromatic N) is 2. The van der Waals surface area contributed by atoms with Gasteiger partial charge in [-0.2, -0.15) is 0 Å². The van der Waals surface area contributed by atoms with Crippen molar-refractivity contribution in [1.29, 1.82) is 0 Å². The highest BCUT2D eigenvalue weighted by molar-refractivity contribution is 5.83. The lowest BCUT2D eigenvalue weighted by atomic mass is 9.87. The first-order chi connectivity index (χ1) is 31.8. The summed E-state index contributed by atoms with van der Waals surface area (Å²) in [5.74, 6) is 0. The standard InChI is InChI=1S/C63H106N2/c1-9-14-16-18-20-21-22-23-24-25-26-27-28-29-30-31-32-33-34-35-36-37-38-40-42-47-61-60(46-41-39-19-17-15-10-2)62(57-48-52(6)54(8)53(7)49-57)65(64)63(61)58-50-55(43-11-3)59(45-13-5)56(51-58)44-12-4/h48-51H,9-47H2,1-8H3. The van der Waals surface area contributed by atoms with Gasteiger partial charge in [-0.05, 0) is 123 Å². The second-order valence-electron chi connectivity index (χ2n) is 21.0. The quantitative estimate of drug-likeness (QED) is 0.0470. The molecule has 2 nitrogen and oxygen atoms in total. The van der Waals surface area contributed by atoms with Crippen molar-refractivity contribution in [3.8, 4) is 0 Å². The van der Waals surface area contributed by atoms with E-state index in [1.165, 1.54) is 256 Å². The molecule has 0 N–H and O–H groups in total. The van der Waals surface area contributed by atoms with E-state index in [-0.39, 0.29) is 0 Å². The Kier molecular flexibility index (Phi) is 31.2. The molecule has 2 aromatic rings. The monoisotopic (exact) mass is 891 g/mol. The van der Waals surface area contributed by atoms with Gasteiger partial charge in [0.1, 0.15) is 0 Å². The molecule has 1 heterocycles. The van der Waals surface area contributed by atoms with Crippen LogP contribution in [0.5, 0.6) is 0 Å². The molecule has 0 aromatic heterocycles. The normalized spacial score (nSPS) is 13.1. The van der Waals surface area contributed by atoms with Gasteiger partial charge in [0, 0.05) is 22.3 Å². The van der Waals surface area contributed by atoms with Gasteiger partial charge in [0.05, 0.1) is 0 Å². The Balaban J connectivity index is 1.56. The number of unbranched alkanes of at least 4 members (excludes halogenated alkanes) is 29. The summed E-state index contributed by atoms with van der Waals surface area (Å²) in [4.78, 5) is 0. The van der Waals surface area contributed by atoms with Crippen LogP contribution in [0.3, 0.4) is 0 Å². The van der Waals surface area contributed by atoms with Crippen molar-refractivity contribution in [2.75, 3.05) is 0 Å². The fraction of sp³-hybridized carbons (Fsp3) is 0.746. The molecular weight excluding hydrogens is 785 g/mol. The van der Waals surface area contributed by atoms with E-state index in [0.29, 0.717) is 0 Å². The molecule has 0 unspecified atom stereocenters. The highest BCUT2D eigenvalue weighted by Crippen LogP contribution is 2.46. The predicted molar refractivity (Wildman–Crippen MR) is 290 cm³/mol. The van der Waals surface area contributed by atoms with E-state index in [1.807, 2.05) is 0 Å². The molecule has 368 valence electrons. The summed E-state index contributed by atoms with van der Waals surface area (Å²) >= 11 is 0. The molecule has 2 heteroatoms. The van der Waals surface area contributed by atoms with Gasteiger partial charge in [0.15, 0.2) is 0 Å². The van der Waals surface area contributed by atoms with Gasteiger partial charge in [-0.15, -0.1) is 0 Å². The van der Waals surface area contributed by atoms with Crippen LogP contribution in [0, 0.1) is 20.8 Å². The third-order valence-corrected chi connectivity index (χ3v) is 15.1. The fourth-order valence-corrected chi connectivity index (χ4v) is 11.0. The molecule has 0 amide bonds. The third-order valence-electron chi connectivity index (χ3n) is 15.1. The first kappa shape index (κ1) is 56.8. The highest BCUT2D eigenvalue weighted by atomic mass is 15.2. The van der Waals surface area contributed by atoms with Crippen molar-refractivity contribution in [1.82, 2.24) is 0 Å². The number of benzene rings is 2. The van der Waals surface area contributed by atoms with Gasteiger partial charge < -0.3 is 5.53 Å². The highest BCUT2D eigenvalue weighted by Gasteiger charge is 2.36. The average molecular weight is 892 g/mol. The second-order valence-corrected chi connectivity index (χ2v) is 21.0. The minimum atomic E-state index is 1.04. The summed E-state index contributed by atoms with van der Waals surface area (Å²) in [6.45, 7) is 18.3. The van der Waals surface area contributed by atoms with E-state index in [1.54, 1.807) is 10.3 Å². The van der Waals surface area contributed by atoms with Crippen molar-refractivity contribution in [3.05, 3.63) is 85.5 Å². The smallest absolute Gasteiger partial charge is 0.211 e. The minimum Gasteiger partial charge on any atom is -0.493 e. The Morgan fingerprint density at radius 1 is 0.323 bits per heavy atom. The van der Waals surface area contributed by atoms with Crippen LogP contribution in [0.2, 0.25) is 0 Å². The van der Waals surface area contributed by atoms with Gasteiger partial charge in [-0.3, -0.25) is 0 Å². The third kappa shape index (κ3) is 21.1. The summed E-state index contributed by atoms with van der Waals surface area (Å²) in [6.07, 6.45) is 52.2. The van der Waals surface area contributed by atoms with Crippen molar-refractivity contribution >= 4 is 11.4 Å². The molecule has 0 radical (unpaired) electrons. The molecule has 0 saturated carbocycles. The van der Waals surface area contributed by atoms with E-state index >= 15 is 0 Å². The van der Waals surface area contributed by atoms with Crippen LogP contribution >= 0.6 is 0 Å². The summed E-state index contributed by atoms with van der Waals surface area (Å²) in [6, 6.07) is 9.67. The number of hydrogen-bond donors (Lipinski definition) is 0. The van der Waals surface area contributed by atoms with Crippen molar-refractivity contribution < 1.29 is 4.70 Å². The lowest BCUT2D eigenvalue weighted by Crippen LogP contribution is -2.07. The van der Waals surface area contributed by atoms with Crippen LogP contribution in [0.4, 0.5) is 0 Å². The zero-order chi connectivity index (χ0) is 46.9. The summed E-state index contributed by atoms with van der Waals surface area (Å²) in [7, 11) is 0. The van der Waals surface area contributed by atoms with Gasteiger partial charge in [0.25, 0.3) is 0 Å². The number of allylic oxidation sites excluding steroid dienone is 2. The first-order valence-electron chi connectivity index (χ1n) is 29.0. The van der Waals surface area contributed by atoms with E-state index in [4.69, 9.17) is 0 Å². The molecule has 1 aliphatic rings. The van der Waals surface area contributed by atoms with Gasteiger partial charge >= 0.3 is 0 Å². The Bertz CT molecular complexity index is 1600. The Morgan fingerprint density at radius 3 is 0.892 bits per heavy atom.